The molecule has 1 aromatic carbocycles. The molecule has 0 saturated carbocycles. The number of hydrogen-bond acceptors (Lipinski definition) is 3. The molecule has 1 fully saturated rings. The number of hydrogen-bond donors (Lipinski definition) is 1. The van der Waals surface area contributed by atoms with Crippen molar-refractivity contribution in [1.29, 1.82) is 0 Å². The van der Waals surface area contributed by atoms with Crippen molar-refractivity contribution in [2.75, 3.05) is 18.0 Å². The lowest BCUT2D eigenvalue weighted by molar-refractivity contribution is 0.551. The largest absolute Gasteiger partial charge is 0.369 e. The van der Waals surface area contributed by atoms with Gasteiger partial charge in [0.2, 0.25) is 5.95 Å². The first kappa shape index (κ1) is 17.2. The highest BCUT2D eigenvalue weighted by Gasteiger charge is 2.22. The zero-order chi connectivity index (χ0) is 14.7. The molecule has 1 saturated heterocycles. The maximum absolute atomic E-state index is 12.8. The number of benzene rings is 1. The molecule has 1 aliphatic rings. The molecule has 3 rings (SSSR count). The standard InChI is InChI=1S/C16H17BrFN3.ClH/c17-13-3-1-12(2-4-13)9-19-14-7-8-21(11-14)15-5-6-16(18)20-10-15;/h1-6,10,14,19H,7-9,11H2;1H. The van der Waals surface area contributed by atoms with Crippen LogP contribution in [-0.4, -0.2) is 24.1 Å². The minimum absolute atomic E-state index is 0. The molecular weight excluding hydrogens is 369 g/mol. The third-order valence-electron chi connectivity index (χ3n) is 3.77. The lowest BCUT2D eigenvalue weighted by Gasteiger charge is -2.18. The molecule has 1 unspecified atom stereocenters. The summed E-state index contributed by atoms with van der Waals surface area (Å²) in [4.78, 5) is 5.96. The molecule has 1 aromatic heterocycles. The smallest absolute Gasteiger partial charge is 0.212 e. The summed E-state index contributed by atoms with van der Waals surface area (Å²) < 4.78 is 13.9. The van der Waals surface area contributed by atoms with Crippen LogP contribution in [0.1, 0.15) is 12.0 Å². The van der Waals surface area contributed by atoms with Crippen molar-refractivity contribution in [1.82, 2.24) is 10.3 Å². The molecule has 0 aliphatic carbocycles. The normalized spacial score (nSPS) is 17.4. The van der Waals surface area contributed by atoms with E-state index in [0.29, 0.717) is 6.04 Å². The van der Waals surface area contributed by atoms with Crippen LogP contribution in [0.2, 0.25) is 0 Å². The van der Waals surface area contributed by atoms with Crippen LogP contribution < -0.4 is 10.2 Å². The van der Waals surface area contributed by atoms with E-state index in [1.807, 2.05) is 0 Å². The minimum Gasteiger partial charge on any atom is -0.369 e. The van der Waals surface area contributed by atoms with E-state index < -0.39 is 5.95 Å². The van der Waals surface area contributed by atoms with Crippen LogP contribution in [0.25, 0.3) is 0 Å². The molecule has 3 nitrogen and oxygen atoms in total. The maximum atomic E-state index is 12.8. The van der Waals surface area contributed by atoms with E-state index in [1.54, 1.807) is 12.3 Å². The average Bonchev–Trinajstić information content (AvgIpc) is 2.96. The van der Waals surface area contributed by atoms with Gasteiger partial charge in [-0.15, -0.1) is 12.4 Å². The van der Waals surface area contributed by atoms with Gasteiger partial charge in [-0.05, 0) is 36.2 Å². The molecule has 0 amide bonds. The second kappa shape index (κ2) is 7.90. The minimum atomic E-state index is -0.428. The number of halogens is 3. The van der Waals surface area contributed by atoms with Gasteiger partial charge in [-0.3, -0.25) is 0 Å². The summed E-state index contributed by atoms with van der Waals surface area (Å²) in [6.45, 7) is 2.78. The molecule has 1 atom stereocenters. The Kier molecular flexibility index (Phi) is 6.17. The molecule has 0 bridgehead atoms. The van der Waals surface area contributed by atoms with Gasteiger partial charge in [0.15, 0.2) is 0 Å². The van der Waals surface area contributed by atoms with E-state index in [4.69, 9.17) is 0 Å². The quantitative estimate of drug-likeness (QED) is 0.811. The summed E-state index contributed by atoms with van der Waals surface area (Å²) in [7, 11) is 0. The Hall–Kier alpha value is -1.17. The SMILES string of the molecule is Cl.Fc1ccc(N2CCC(NCc3ccc(Br)cc3)C2)cn1. The van der Waals surface area contributed by atoms with Crippen molar-refractivity contribution in [2.45, 2.75) is 19.0 Å². The van der Waals surface area contributed by atoms with Crippen LogP contribution in [0, 0.1) is 5.95 Å². The van der Waals surface area contributed by atoms with E-state index in [2.05, 4.69) is 55.4 Å². The topological polar surface area (TPSA) is 28.2 Å². The molecule has 22 heavy (non-hydrogen) atoms. The second-order valence-electron chi connectivity index (χ2n) is 5.28. The van der Waals surface area contributed by atoms with Crippen molar-refractivity contribution in [3.05, 3.63) is 58.6 Å². The van der Waals surface area contributed by atoms with E-state index >= 15 is 0 Å². The van der Waals surface area contributed by atoms with Crippen molar-refractivity contribution < 1.29 is 4.39 Å². The molecular formula is C16H18BrClFN3. The molecule has 1 aliphatic heterocycles. The maximum Gasteiger partial charge on any atom is 0.212 e. The van der Waals surface area contributed by atoms with E-state index in [0.717, 1.165) is 36.2 Å². The summed E-state index contributed by atoms with van der Waals surface area (Å²) in [5.74, 6) is -0.428. The predicted molar refractivity (Wildman–Crippen MR) is 93.0 cm³/mol. The van der Waals surface area contributed by atoms with Crippen LogP contribution in [0.15, 0.2) is 47.1 Å². The van der Waals surface area contributed by atoms with Gasteiger partial charge in [-0.25, -0.2) is 4.98 Å². The molecule has 2 aromatic rings. The first-order valence-electron chi connectivity index (χ1n) is 7.05. The van der Waals surface area contributed by atoms with E-state index in [9.17, 15) is 4.39 Å². The van der Waals surface area contributed by atoms with Gasteiger partial charge in [-0.1, -0.05) is 28.1 Å². The van der Waals surface area contributed by atoms with Crippen LogP contribution in [-0.2, 0) is 6.54 Å². The first-order chi connectivity index (χ1) is 10.2. The van der Waals surface area contributed by atoms with E-state index in [1.165, 1.54) is 11.6 Å². The molecule has 2 heterocycles. The lowest BCUT2D eigenvalue weighted by Crippen LogP contribution is -2.32. The zero-order valence-corrected chi connectivity index (χ0v) is 14.4. The number of aromatic nitrogens is 1. The van der Waals surface area contributed by atoms with Gasteiger partial charge in [-0.2, -0.15) is 4.39 Å². The highest BCUT2D eigenvalue weighted by molar-refractivity contribution is 9.10. The summed E-state index contributed by atoms with van der Waals surface area (Å²) in [6, 6.07) is 12.0. The Balaban J connectivity index is 0.00000176. The first-order valence-corrected chi connectivity index (χ1v) is 7.84. The summed E-state index contributed by atoms with van der Waals surface area (Å²) in [6.07, 6.45) is 2.69. The number of nitrogens with zero attached hydrogens (tertiary/aromatic N) is 2. The Labute approximate surface area is 144 Å². The Bertz CT molecular complexity index is 591. The van der Waals surface area contributed by atoms with Crippen LogP contribution in [0.4, 0.5) is 10.1 Å². The summed E-state index contributed by atoms with van der Waals surface area (Å²) >= 11 is 3.44. The fourth-order valence-corrected chi connectivity index (χ4v) is 2.85. The van der Waals surface area contributed by atoms with Gasteiger partial charge in [0.25, 0.3) is 0 Å². The summed E-state index contributed by atoms with van der Waals surface area (Å²) in [5.41, 5.74) is 2.27. The zero-order valence-electron chi connectivity index (χ0n) is 12.0. The predicted octanol–water partition coefficient (Wildman–Crippen LogP) is 3.77. The molecule has 1 N–H and O–H groups in total. The van der Waals surface area contributed by atoms with Crippen molar-refractivity contribution in [3.63, 3.8) is 0 Å². The average molecular weight is 387 g/mol. The van der Waals surface area contributed by atoms with Crippen molar-refractivity contribution in [2.24, 2.45) is 0 Å². The molecule has 0 radical (unpaired) electrons. The van der Waals surface area contributed by atoms with Crippen molar-refractivity contribution in [3.8, 4) is 0 Å². The van der Waals surface area contributed by atoms with Crippen molar-refractivity contribution >= 4 is 34.0 Å². The third-order valence-corrected chi connectivity index (χ3v) is 4.30. The molecule has 6 heteroatoms. The van der Waals surface area contributed by atoms with Gasteiger partial charge in [0.1, 0.15) is 0 Å². The van der Waals surface area contributed by atoms with Crippen LogP contribution in [0.5, 0.6) is 0 Å². The highest BCUT2D eigenvalue weighted by atomic mass is 79.9. The van der Waals surface area contributed by atoms with Crippen LogP contribution in [0.3, 0.4) is 0 Å². The third kappa shape index (κ3) is 4.41. The monoisotopic (exact) mass is 385 g/mol. The Morgan fingerprint density at radius 2 is 2.00 bits per heavy atom. The number of rotatable bonds is 4. The Morgan fingerprint density at radius 1 is 1.23 bits per heavy atom. The van der Waals surface area contributed by atoms with Crippen LogP contribution >= 0.6 is 28.3 Å². The van der Waals surface area contributed by atoms with Gasteiger partial charge in [0.05, 0.1) is 11.9 Å². The highest BCUT2D eigenvalue weighted by Crippen LogP contribution is 2.20. The number of nitrogens with one attached hydrogen (secondary N) is 1. The molecule has 118 valence electrons. The lowest BCUT2D eigenvalue weighted by atomic mass is 10.2. The summed E-state index contributed by atoms with van der Waals surface area (Å²) in [5, 5.41) is 3.58. The fraction of sp³-hybridized carbons (Fsp3) is 0.312. The van der Waals surface area contributed by atoms with Gasteiger partial charge < -0.3 is 10.2 Å². The van der Waals surface area contributed by atoms with E-state index in [-0.39, 0.29) is 12.4 Å². The Morgan fingerprint density at radius 3 is 2.68 bits per heavy atom. The fourth-order valence-electron chi connectivity index (χ4n) is 2.58. The number of pyridine rings is 1. The second-order valence-corrected chi connectivity index (χ2v) is 6.19. The number of anilines is 1. The van der Waals surface area contributed by atoms with Gasteiger partial charge in [0, 0.05) is 30.1 Å². The molecule has 0 spiro atoms. The van der Waals surface area contributed by atoms with Gasteiger partial charge >= 0.3 is 0 Å².